The summed E-state index contributed by atoms with van der Waals surface area (Å²) >= 11 is 0. The number of amides is 2. The van der Waals surface area contributed by atoms with Crippen LogP contribution in [0.1, 0.15) is 20.8 Å². The molecule has 0 unspecified atom stereocenters. The summed E-state index contributed by atoms with van der Waals surface area (Å²) < 4.78 is 4.95. The minimum atomic E-state index is -0.178. The Kier molecular flexibility index (Phi) is 4.22. The molecule has 8 nitrogen and oxygen atoms in total. The first-order valence-electron chi connectivity index (χ1n) is 8.31. The average molecular weight is 351 g/mol. The third-order valence-electron chi connectivity index (χ3n) is 4.32. The molecule has 1 aliphatic rings. The lowest BCUT2D eigenvalue weighted by Gasteiger charge is -2.34. The lowest BCUT2D eigenvalue weighted by atomic mass is 10.2. The Morgan fingerprint density at radius 3 is 2.27 bits per heavy atom. The Hall–Kier alpha value is -3.42. The first kappa shape index (κ1) is 16.1. The molecule has 0 N–H and O–H groups in total. The van der Waals surface area contributed by atoms with Crippen LogP contribution >= 0.6 is 0 Å². The molecule has 0 radical (unpaired) electrons. The van der Waals surface area contributed by atoms with Gasteiger partial charge in [-0.1, -0.05) is 18.2 Å². The summed E-state index contributed by atoms with van der Waals surface area (Å²) in [4.78, 5) is 29.8. The van der Waals surface area contributed by atoms with Gasteiger partial charge in [0.1, 0.15) is 6.26 Å². The monoisotopic (exact) mass is 351 g/mol. The standard InChI is InChI=1S/C18H17N5O3/c24-17(14-6-11-26-13-14)21-7-9-22(10-8-21)18(25)16-12-19-23(20-16)15-4-2-1-3-5-15/h1-6,11-13H,7-10H2. The molecule has 0 bridgehead atoms. The first-order valence-corrected chi connectivity index (χ1v) is 8.31. The minimum Gasteiger partial charge on any atom is -0.472 e. The maximum Gasteiger partial charge on any atom is 0.276 e. The van der Waals surface area contributed by atoms with Crippen molar-refractivity contribution in [2.75, 3.05) is 26.2 Å². The number of benzene rings is 1. The van der Waals surface area contributed by atoms with Crippen molar-refractivity contribution in [3.05, 3.63) is 66.4 Å². The minimum absolute atomic E-state index is 0.0825. The molecule has 1 saturated heterocycles. The van der Waals surface area contributed by atoms with E-state index in [2.05, 4.69) is 10.2 Å². The molecule has 0 atom stereocenters. The van der Waals surface area contributed by atoms with Gasteiger partial charge in [0.25, 0.3) is 11.8 Å². The van der Waals surface area contributed by atoms with Gasteiger partial charge in [-0.15, -0.1) is 5.10 Å². The van der Waals surface area contributed by atoms with Crippen molar-refractivity contribution >= 4 is 11.8 Å². The van der Waals surface area contributed by atoms with Gasteiger partial charge < -0.3 is 14.2 Å². The van der Waals surface area contributed by atoms with Gasteiger partial charge in [-0.3, -0.25) is 9.59 Å². The number of rotatable bonds is 3. The molecule has 132 valence electrons. The number of para-hydroxylation sites is 1. The second-order valence-corrected chi connectivity index (χ2v) is 5.95. The van der Waals surface area contributed by atoms with Crippen LogP contribution in [0.5, 0.6) is 0 Å². The molecular weight excluding hydrogens is 334 g/mol. The van der Waals surface area contributed by atoms with Crippen molar-refractivity contribution < 1.29 is 14.0 Å². The van der Waals surface area contributed by atoms with E-state index in [1.807, 2.05) is 30.3 Å². The van der Waals surface area contributed by atoms with Crippen LogP contribution < -0.4 is 0 Å². The fraction of sp³-hybridized carbons (Fsp3) is 0.222. The predicted molar refractivity (Wildman–Crippen MR) is 91.9 cm³/mol. The second kappa shape index (κ2) is 6.83. The summed E-state index contributed by atoms with van der Waals surface area (Å²) in [5.41, 5.74) is 1.61. The average Bonchev–Trinajstić information content (AvgIpc) is 3.40. The van der Waals surface area contributed by atoms with Crippen molar-refractivity contribution in [3.8, 4) is 5.69 Å². The molecule has 8 heteroatoms. The molecule has 3 heterocycles. The largest absolute Gasteiger partial charge is 0.472 e. The molecule has 0 saturated carbocycles. The maximum atomic E-state index is 12.6. The van der Waals surface area contributed by atoms with Crippen LogP contribution in [-0.2, 0) is 0 Å². The van der Waals surface area contributed by atoms with Crippen molar-refractivity contribution in [1.82, 2.24) is 24.8 Å². The van der Waals surface area contributed by atoms with Crippen LogP contribution in [-0.4, -0.2) is 62.8 Å². The summed E-state index contributed by atoms with van der Waals surface area (Å²) in [5.74, 6) is -0.261. The zero-order valence-corrected chi connectivity index (χ0v) is 14.0. The summed E-state index contributed by atoms with van der Waals surface area (Å²) in [7, 11) is 0. The fourth-order valence-electron chi connectivity index (χ4n) is 2.89. The molecule has 26 heavy (non-hydrogen) atoms. The van der Waals surface area contributed by atoms with E-state index in [-0.39, 0.29) is 11.8 Å². The van der Waals surface area contributed by atoms with Gasteiger partial charge in [0.2, 0.25) is 0 Å². The van der Waals surface area contributed by atoms with Crippen LogP contribution in [0.25, 0.3) is 5.69 Å². The Labute approximate surface area is 149 Å². The number of carbonyl (C=O) groups is 2. The fourth-order valence-corrected chi connectivity index (χ4v) is 2.89. The zero-order chi connectivity index (χ0) is 17.9. The summed E-state index contributed by atoms with van der Waals surface area (Å²) in [5, 5.41) is 8.43. The quantitative estimate of drug-likeness (QED) is 0.713. The number of aromatic nitrogens is 3. The molecule has 0 spiro atoms. The van der Waals surface area contributed by atoms with Crippen LogP contribution in [0.15, 0.2) is 59.5 Å². The van der Waals surface area contributed by atoms with Gasteiger partial charge in [-0.2, -0.15) is 9.90 Å². The molecule has 1 aliphatic heterocycles. The van der Waals surface area contributed by atoms with E-state index in [0.29, 0.717) is 37.4 Å². The van der Waals surface area contributed by atoms with Crippen molar-refractivity contribution in [1.29, 1.82) is 0 Å². The highest BCUT2D eigenvalue weighted by Crippen LogP contribution is 2.12. The van der Waals surface area contributed by atoms with Crippen LogP contribution in [0.3, 0.4) is 0 Å². The van der Waals surface area contributed by atoms with Gasteiger partial charge in [0, 0.05) is 26.2 Å². The molecule has 2 aromatic heterocycles. The molecule has 3 aromatic rings. The van der Waals surface area contributed by atoms with Crippen LogP contribution in [0, 0.1) is 0 Å². The van der Waals surface area contributed by atoms with Crippen molar-refractivity contribution in [3.63, 3.8) is 0 Å². The highest BCUT2D eigenvalue weighted by molar-refractivity contribution is 5.94. The van der Waals surface area contributed by atoms with Gasteiger partial charge in [-0.05, 0) is 18.2 Å². The second-order valence-electron chi connectivity index (χ2n) is 5.95. The van der Waals surface area contributed by atoms with Gasteiger partial charge in [-0.25, -0.2) is 0 Å². The number of piperazine rings is 1. The molecule has 1 fully saturated rings. The van der Waals surface area contributed by atoms with Crippen molar-refractivity contribution in [2.45, 2.75) is 0 Å². The predicted octanol–water partition coefficient (Wildman–Crippen LogP) is 1.46. The number of hydrogen-bond acceptors (Lipinski definition) is 5. The summed E-state index contributed by atoms with van der Waals surface area (Å²) in [6, 6.07) is 11.1. The van der Waals surface area contributed by atoms with Gasteiger partial charge >= 0.3 is 0 Å². The Morgan fingerprint density at radius 2 is 1.62 bits per heavy atom. The lowest BCUT2D eigenvalue weighted by molar-refractivity contribution is 0.0531. The Morgan fingerprint density at radius 1 is 0.923 bits per heavy atom. The number of carbonyl (C=O) groups excluding carboxylic acids is 2. The van der Waals surface area contributed by atoms with E-state index >= 15 is 0 Å². The molecule has 4 rings (SSSR count). The molecule has 0 aliphatic carbocycles. The number of furan rings is 1. The van der Waals surface area contributed by atoms with E-state index < -0.39 is 0 Å². The molecule has 1 aromatic carbocycles. The van der Waals surface area contributed by atoms with Crippen molar-refractivity contribution in [2.24, 2.45) is 0 Å². The first-order chi connectivity index (χ1) is 12.7. The topological polar surface area (TPSA) is 84.5 Å². The normalized spacial score (nSPS) is 14.5. The maximum absolute atomic E-state index is 12.6. The number of hydrogen-bond donors (Lipinski definition) is 0. The smallest absolute Gasteiger partial charge is 0.276 e. The third-order valence-corrected chi connectivity index (χ3v) is 4.32. The van der Waals surface area contributed by atoms with Gasteiger partial charge in [0.05, 0.1) is 23.7 Å². The van der Waals surface area contributed by atoms with E-state index in [9.17, 15) is 9.59 Å². The lowest BCUT2D eigenvalue weighted by Crippen LogP contribution is -2.50. The van der Waals surface area contributed by atoms with E-state index in [1.54, 1.807) is 15.9 Å². The van der Waals surface area contributed by atoms with E-state index in [4.69, 9.17) is 4.42 Å². The third kappa shape index (κ3) is 3.08. The van der Waals surface area contributed by atoms with E-state index in [1.165, 1.54) is 23.5 Å². The highest BCUT2D eigenvalue weighted by atomic mass is 16.3. The Bertz CT molecular complexity index is 896. The molecular formula is C18H17N5O3. The SMILES string of the molecule is O=C(c1ccoc1)N1CCN(C(=O)c2cnn(-c3ccccc3)n2)CC1. The Balaban J connectivity index is 1.40. The van der Waals surface area contributed by atoms with Crippen LogP contribution in [0.4, 0.5) is 0 Å². The zero-order valence-electron chi connectivity index (χ0n) is 14.0. The summed E-state index contributed by atoms with van der Waals surface area (Å²) in [6.07, 6.45) is 4.38. The van der Waals surface area contributed by atoms with E-state index in [0.717, 1.165) is 5.69 Å². The van der Waals surface area contributed by atoms with Crippen LogP contribution in [0.2, 0.25) is 0 Å². The highest BCUT2D eigenvalue weighted by Gasteiger charge is 2.27. The number of nitrogens with zero attached hydrogens (tertiary/aromatic N) is 5. The van der Waals surface area contributed by atoms with Gasteiger partial charge in [0.15, 0.2) is 5.69 Å². The molecule has 2 amide bonds. The summed E-state index contributed by atoms with van der Waals surface area (Å²) in [6.45, 7) is 1.87.